The molecule has 3 nitrogen and oxygen atoms in total. The molecule has 3 aliphatic rings. The average molecular weight is 267 g/mol. The number of aromatic nitrogens is 1. The van der Waals surface area contributed by atoms with Crippen molar-refractivity contribution in [1.29, 1.82) is 5.26 Å². The van der Waals surface area contributed by atoms with Crippen LogP contribution in [-0.2, 0) is 12.8 Å². The molecule has 3 aliphatic carbocycles. The van der Waals surface area contributed by atoms with E-state index in [1.807, 2.05) is 0 Å². The van der Waals surface area contributed by atoms with Crippen LogP contribution in [0.25, 0.3) is 0 Å². The molecule has 0 amide bonds. The van der Waals surface area contributed by atoms with E-state index in [0.29, 0.717) is 0 Å². The van der Waals surface area contributed by atoms with Crippen LogP contribution >= 0.6 is 0 Å². The van der Waals surface area contributed by atoms with E-state index < -0.39 is 0 Å². The first-order valence-electron chi connectivity index (χ1n) is 8.02. The van der Waals surface area contributed by atoms with Crippen LogP contribution in [0, 0.1) is 29.1 Å². The highest BCUT2D eigenvalue weighted by Crippen LogP contribution is 2.49. The lowest BCUT2D eigenvalue weighted by Crippen LogP contribution is -2.19. The van der Waals surface area contributed by atoms with Crippen molar-refractivity contribution in [3.63, 3.8) is 0 Å². The largest absolute Gasteiger partial charge is 0.369 e. The van der Waals surface area contributed by atoms with E-state index in [2.05, 4.69) is 17.5 Å². The molecule has 0 aliphatic heterocycles. The zero-order valence-electron chi connectivity index (χ0n) is 11.9. The Morgan fingerprint density at radius 1 is 1.25 bits per heavy atom. The lowest BCUT2D eigenvalue weighted by atomic mass is 9.98. The standard InChI is InChI=1S/C17H21N3/c18-9-14-8-13-2-1-3-16(13)20-17(14)19-10-15(11-4-5-11)12-6-7-12/h8,11-12,15H,1-7,10H2,(H,19,20). The zero-order chi connectivity index (χ0) is 13.5. The summed E-state index contributed by atoms with van der Waals surface area (Å²) >= 11 is 0. The smallest absolute Gasteiger partial charge is 0.144 e. The van der Waals surface area contributed by atoms with Crippen molar-refractivity contribution in [3.05, 3.63) is 22.9 Å². The predicted molar refractivity (Wildman–Crippen MR) is 78.4 cm³/mol. The van der Waals surface area contributed by atoms with Crippen LogP contribution in [0.2, 0.25) is 0 Å². The molecular weight excluding hydrogens is 246 g/mol. The summed E-state index contributed by atoms with van der Waals surface area (Å²) in [5, 5.41) is 12.8. The number of rotatable bonds is 5. The Kier molecular flexibility index (Phi) is 2.91. The zero-order valence-corrected chi connectivity index (χ0v) is 11.9. The monoisotopic (exact) mass is 267 g/mol. The Balaban J connectivity index is 1.51. The molecule has 1 aromatic heterocycles. The van der Waals surface area contributed by atoms with E-state index in [0.717, 1.165) is 48.5 Å². The first-order chi connectivity index (χ1) is 9.85. The van der Waals surface area contributed by atoms with Gasteiger partial charge in [-0.15, -0.1) is 0 Å². The van der Waals surface area contributed by atoms with Crippen molar-refractivity contribution >= 4 is 5.82 Å². The molecular formula is C17H21N3. The molecule has 2 fully saturated rings. The normalized spacial score (nSPS) is 20.8. The Morgan fingerprint density at radius 3 is 2.65 bits per heavy atom. The van der Waals surface area contributed by atoms with Crippen molar-refractivity contribution in [3.8, 4) is 6.07 Å². The number of nitrogens with zero attached hydrogens (tertiary/aromatic N) is 2. The average Bonchev–Trinajstić information content (AvgIpc) is 3.38. The maximum Gasteiger partial charge on any atom is 0.144 e. The molecule has 1 aromatic rings. The van der Waals surface area contributed by atoms with Crippen molar-refractivity contribution in [2.24, 2.45) is 17.8 Å². The number of hydrogen-bond acceptors (Lipinski definition) is 3. The van der Waals surface area contributed by atoms with Gasteiger partial charge in [0.25, 0.3) is 0 Å². The third-order valence-electron chi connectivity index (χ3n) is 5.13. The molecule has 0 aromatic carbocycles. The van der Waals surface area contributed by atoms with Crippen LogP contribution in [0.5, 0.6) is 0 Å². The maximum atomic E-state index is 9.33. The lowest BCUT2D eigenvalue weighted by molar-refractivity contribution is 0.427. The summed E-state index contributed by atoms with van der Waals surface area (Å²) in [5.74, 6) is 3.53. The number of nitrogens with one attached hydrogen (secondary N) is 1. The van der Waals surface area contributed by atoms with E-state index in [1.165, 1.54) is 43.4 Å². The first-order valence-corrected chi connectivity index (χ1v) is 8.02. The summed E-state index contributed by atoms with van der Waals surface area (Å²) in [5.41, 5.74) is 3.23. The second-order valence-corrected chi connectivity index (χ2v) is 6.68. The lowest BCUT2D eigenvalue weighted by Gasteiger charge is -2.17. The second kappa shape index (κ2) is 4.77. The van der Waals surface area contributed by atoms with Gasteiger partial charge in [-0.05, 0) is 74.3 Å². The van der Waals surface area contributed by atoms with Gasteiger partial charge in [-0.25, -0.2) is 4.98 Å². The fraction of sp³-hybridized carbons (Fsp3) is 0.647. The van der Waals surface area contributed by atoms with Gasteiger partial charge in [0.1, 0.15) is 11.9 Å². The fourth-order valence-corrected chi connectivity index (χ4v) is 3.67. The van der Waals surface area contributed by atoms with Crippen molar-refractivity contribution in [2.45, 2.75) is 44.9 Å². The van der Waals surface area contributed by atoms with Gasteiger partial charge in [-0.3, -0.25) is 0 Å². The van der Waals surface area contributed by atoms with Crippen molar-refractivity contribution < 1.29 is 0 Å². The minimum absolute atomic E-state index is 0.732. The minimum atomic E-state index is 0.732. The van der Waals surface area contributed by atoms with Crippen LogP contribution in [0.3, 0.4) is 0 Å². The number of nitriles is 1. The van der Waals surface area contributed by atoms with Gasteiger partial charge in [0, 0.05) is 12.2 Å². The molecule has 1 heterocycles. The van der Waals surface area contributed by atoms with Crippen LogP contribution in [0.4, 0.5) is 5.82 Å². The molecule has 0 atom stereocenters. The molecule has 104 valence electrons. The molecule has 0 radical (unpaired) electrons. The Bertz CT molecular complexity index is 552. The van der Waals surface area contributed by atoms with Gasteiger partial charge in [-0.2, -0.15) is 5.26 Å². The summed E-state index contributed by atoms with van der Waals surface area (Å²) in [6.45, 7) is 1.01. The van der Waals surface area contributed by atoms with E-state index in [9.17, 15) is 5.26 Å². The van der Waals surface area contributed by atoms with Gasteiger partial charge in [0.05, 0.1) is 5.56 Å². The Labute approximate surface area is 120 Å². The topological polar surface area (TPSA) is 48.7 Å². The molecule has 20 heavy (non-hydrogen) atoms. The predicted octanol–water partition coefficient (Wildman–Crippen LogP) is 3.29. The molecule has 2 saturated carbocycles. The molecule has 0 bridgehead atoms. The molecule has 0 spiro atoms. The SMILES string of the molecule is N#Cc1cc2c(nc1NCC(C1CC1)C1CC1)CCC2. The third-order valence-corrected chi connectivity index (χ3v) is 5.13. The van der Waals surface area contributed by atoms with Gasteiger partial charge < -0.3 is 5.32 Å². The number of aryl methyl sites for hydroxylation is 2. The summed E-state index contributed by atoms with van der Waals surface area (Å²) in [6, 6.07) is 4.37. The number of hydrogen-bond donors (Lipinski definition) is 1. The van der Waals surface area contributed by atoms with E-state index in [-0.39, 0.29) is 0 Å². The van der Waals surface area contributed by atoms with Crippen LogP contribution in [0.1, 0.15) is 48.9 Å². The highest BCUT2D eigenvalue weighted by atomic mass is 15.0. The van der Waals surface area contributed by atoms with Crippen molar-refractivity contribution in [2.75, 3.05) is 11.9 Å². The van der Waals surface area contributed by atoms with Crippen LogP contribution in [0.15, 0.2) is 6.07 Å². The second-order valence-electron chi connectivity index (χ2n) is 6.68. The van der Waals surface area contributed by atoms with E-state index in [1.54, 1.807) is 0 Å². The number of anilines is 1. The first kappa shape index (κ1) is 12.2. The van der Waals surface area contributed by atoms with Gasteiger partial charge >= 0.3 is 0 Å². The number of pyridine rings is 1. The van der Waals surface area contributed by atoms with Gasteiger partial charge in [0.2, 0.25) is 0 Å². The highest BCUT2D eigenvalue weighted by molar-refractivity contribution is 5.55. The highest BCUT2D eigenvalue weighted by Gasteiger charge is 2.41. The minimum Gasteiger partial charge on any atom is -0.369 e. The molecule has 0 unspecified atom stereocenters. The Hall–Kier alpha value is -1.56. The number of fused-ring (bicyclic) bond motifs is 1. The molecule has 1 N–H and O–H groups in total. The summed E-state index contributed by atoms with van der Waals surface area (Å²) in [4.78, 5) is 4.72. The Morgan fingerprint density at radius 2 is 2.00 bits per heavy atom. The van der Waals surface area contributed by atoms with Crippen LogP contribution < -0.4 is 5.32 Å². The van der Waals surface area contributed by atoms with E-state index in [4.69, 9.17) is 4.98 Å². The van der Waals surface area contributed by atoms with E-state index >= 15 is 0 Å². The van der Waals surface area contributed by atoms with Gasteiger partial charge in [0.15, 0.2) is 0 Å². The summed E-state index contributed by atoms with van der Waals surface area (Å²) in [7, 11) is 0. The molecule has 3 heteroatoms. The maximum absolute atomic E-state index is 9.33. The summed E-state index contributed by atoms with van der Waals surface area (Å²) < 4.78 is 0. The quantitative estimate of drug-likeness (QED) is 0.890. The fourth-order valence-electron chi connectivity index (χ4n) is 3.67. The molecule has 0 saturated heterocycles. The van der Waals surface area contributed by atoms with Crippen LogP contribution in [-0.4, -0.2) is 11.5 Å². The summed E-state index contributed by atoms with van der Waals surface area (Å²) in [6.07, 6.45) is 8.98. The van der Waals surface area contributed by atoms with Crippen molar-refractivity contribution in [1.82, 2.24) is 4.98 Å². The third kappa shape index (κ3) is 2.28. The van der Waals surface area contributed by atoms with Gasteiger partial charge in [-0.1, -0.05) is 0 Å². The molecule has 4 rings (SSSR count).